The molecule has 20 heavy (non-hydrogen) atoms. The van der Waals surface area contributed by atoms with Crippen LogP contribution in [0.5, 0.6) is 0 Å². The van der Waals surface area contributed by atoms with Gasteiger partial charge >= 0.3 is 0 Å². The largest absolute Gasteiger partial charge is 0.299 e. The highest BCUT2D eigenvalue weighted by molar-refractivity contribution is 7.18. The third-order valence-corrected chi connectivity index (χ3v) is 4.53. The minimum absolute atomic E-state index is 0.333. The number of Topliss-reactive ketones (excluding diaryl/α,β-unsaturated/α-hetero) is 1. The summed E-state index contributed by atoms with van der Waals surface area (Å²) in [6.45, 7) is 2.22. The van der Waals surface area contributed by atoms with Crippen LogP contribution in [-0.4, -0.2) is 10.8 Å². The Balaban J connectivity index is 1.71. The normalized spacial score (nSPS) is 11.1. The summed E-state index contributed by atoms with van der Waals surface area (Å²) in [6.07, 6.45) is 8.61. The van der Waals surface area contributed by atoms with Crippen molar-refractivity contribution in [2.75, 3.05) is 0 Å². The van der Waals surface area contributed by atoms with Gasteiger partial charge in [0.05, 0.1) is 16.6 Å². The highest BCUT2D eigenvalue weighted by Gasteiger charge is 2.08. The molecule has 0 unspecified atom stereocenters. The maximum Gasteiger partial charge on any atom is 0.139 e. The predicted octanol–water partition coefficient (Wildman–Crippen LogP) is 5.16. The minimum atomic E-state index is 0.333. The lowest BCUT2D eigenvalue weighted by Gasteiger charge is -2.00. The average molecular weight is 289 g/mol. The van der Waals surface area contributed by atoms with Crippen molar-refractivity contribution in [1.29, 1.82) is 0 Å². The molecule has 2 rings (SSSR count). The molecule has 0 spiro atoms. The van der Waals surface area contributed by atoms with Gasteiger partial charge in [0.15, 0.2) is 0 Å². The highest BCUT2D eigenvalue weighted by atomic mass is 32.1. The number of hydrogen-bond donors (Lipinski definition) is 0. The summed E-state index contributed by atoms with van der Waals surface area (Å²) in [7, 11) is 0. The monoisotopic (exact) mass is 289 g/mol. The molecule has 1 aromatic heterocycles. The van der Waals surface area contributed by atoms with Gasteiger partial charge in [-0.05, 0) is 18.6 Å². The number of aromatic nitrogens is 1. The first-order chi connectivity index (χ1) is 9.79. The van der Waals surface area contributed by atoms with Crippen molar-refractivity contribution in [1.82, 2.24) is 4.98 Å². The Morgan fingerprint density at radius 1 is 1.10 bits per heavy atom. The molecule has 0 fully saturated rings. The Morgan fingerprint density at radius 3 is 2.65 bits per heavy atom. The first-order valence-corrected chi connectivity index (χ1v) is 8.47. The average Bonchev–Trinajstić information content (AvgIpc) is 2.84. The number of carbonyl (C=O) groups is 1. The summed E-state index contributed by atoms with van der Waals surface area (Å²) in [5.74, 6) is 0.333. The van der Waals surface area contributed by atoms with Gasteiger partial charge in [-0.25, -0.2) is 4.98 Å². The van der Waals surface area contributed by atoms with Gasteiger partial charge in [-0.2, -0.15) is 0 Å². The fourth-order valence-corrected chi connectivity index (χ4v) is 3.35. The quantitative estimate of drug-likeness (QED) is 0.597. The molecular weight excluding hydrogens is 266 g/mol. The highest BCUT2D eigenvalue weighted by Crippen LogP contribution is 2.22. The maximum atomic E-state index is 11.9. The van der Waals surface area contributed by atoms with Gasteiger partial charge in [0, 0.05) is 6.42 Å². The van der Waals surface area contributed by atoms with E-state index >= 15 is 0 Å². The fraction of sp³-hybridized carbons (Fsp3) is 0.529. The summed E-state index contributed by atoms with van der Waals surface area (Å²) in [6, 6.07) is 8.08. The van der Waals surface area contributed by atoms with Crippen molar-refractivity contribution in [3.05, 3.63) is 29.3 Å². The lowest BCUT2D eigenvalue weighted by Crippen LogP contribution is -2.02. The summed E-state index contributed by atoms with van der Waals surface area (Å²) < 4.78 is 1.18. The van der Waals surface area contributed by atoms with Crippen molar-refractivity contribution in [3.8, 4) is 0 Å². The van der Waals surface area contributed by atoms with Crippen LogP contribution in [0.15, 0.2) is 24.3 Å². The zero-order chi connectivity index (χ0) is 14.2. The van der Waals surface area contributed by atoms with Gasteiger partial charge in [-0.15, -0.1) is 11.3 Å². The van der Waals surface area contributed by atoms with Crippen LogP contribution in [0.3, 0.4) is 0 Å². The van der Waals surface area contributed by atoms with E-state index in [4.69, 9.17) is 0 Å². The molecule has 0 saturated heterocycles. The number of benzene rings is 1. The molecule has 0 aliphatic rings. The topological polar surface area (TPSA) is 30.0 Å². The molecule has 1 heterocycles. The Morgan fingerprint density at radius 2 is 1.85 bits per heavy atom. The Labute approximate surface area is 125 Å². The molecule has 0 saturated carbocycles. The van der Waals surface area contributed by atoms with E-state index in [1.807, 2.05) is 18.2 Å². The number of para-hydroxylation sites is 1. The molecule has 0 radical (unpaired) electrons. The van der Waals surface area contributed by atoms with Gasteiger partial charge in [-0.3, -0.25) is 4.79 Å². The van der Waals surface area contributed by atoms with Gasteiger partial charge in [0.25, 0.3) is 0 Å². The molecule has 108 valence electrons. The van der Waals surface area contributed by atoms with Crippen LogP contribution in [-0.2, 0) is 11.2 Å². The second kappa shape index (κ2) is 8.15. The number of hydrogen-bond acceptors (Lipinski definition) is 3. The Bertz CT molecular complexity index is 514. The first-order valence-electron chi connectivity index (χ1n) is 7.65. The number of rotatable bonds is 9. The Kier molecular flexibility index (Phi) is 6.19. The molecule has 0 aliphatic heterocycles. The lowest BCUT2D eigenvalue weighted by molar-refractivity contribution is -0.118. The molecule has 0 bridgehead atoms. The molecular formula is C17H23NOS. The van der Waals surface area contributed by atoms with E-state index in [-0.39, 0.29) is 0 Å². The van der Waals surface area contributed by atoms with Crippen LogP contribution in [0, 0.1) is 0 Å². The zero-order valence-electron chi connectivity index (χ0n) is 12.2. The third kappa shape index (κ3) is 4.71. The van der Waals surface area contributed by atoms with E-state index in [1.54, 1.807) is 11.3 Å². The lowest BCUT2D eigenvalue weighted by atomic mass is 10.1. The van der Waals surface area contributed by atoms with E-state index in [0.717, 1.165) is 16.9 Å². The van der Waals surface area contributed by atoms with E-state index in [9.17, 15) is 4.79 Å². The van der Waals surface area contributed by atoms with Crippen LogP contribution in [0.25, 0.3) is 10.2 Å². The molecule has 0 atom stereocenters. The van der Waals surface area contributed by atoms with Crippen molar-refractivity contribution in [2.24, 2.45) is 0 Å². The Hall–Kier alpha value is -1.22. The second-order valence-electron chi connectivity index (χ2n) is 5.31. The first kappa shape index (κ1) is 15.2. The second-order valence-corrected chi connectivity index (χ2v) is 6.42. The standard InChI is InChI=1S/C17H23NOS/c1-2-3-4-5-6-7-10-14(19)13-17-18-15-11-8-9-12-16(15)20-17/h8-9,11-12H,2-7,10,13H2,1H3. The summed E-state index contributed by atoms with van der Waals surface area (Å²) in [5, 5.41) is 0.960. The van der Waals surface area contributed by atoms with E-state index in [2.05, 4.69) is 18.0 Å². The predicted molar refractivity (Wildman–Crippen MR) is 86.3 cm³/mol. The van der Waals surface area contributed by atoms with Crippen LogP contribution < -0.4 is 0 Å². The van der Waals surface area contributed by atoms with Crippen molar-refractivity contribution < 1.29 is 4.79 Å². The molecule has 2 aromatic rings. The number of ketones is 1. The van der Waals surface area contributed by atoms with Gasteiger partial charge in [0.1, 0.15) is 10.8 Å². The third-order valence-electron chi connectivity index (χ3n) is 3.50. The molecule has 1 aromatic carbocycles. The van der Waals surface area contributed by atoms with Crippen LogP contribution in [0.2, 0.25) is 0 Å². The van der Waals surface area contributed by atoms with Crippen molar-refractivity contribution in [3.63, 3.8) is 0 Å². The number of carbonyl (C=O) groups excluding carboxylic acids is 1. The molecule has 0 N–H and O–H groups in total. The fourth-order valence-electron chi connectivity index (χ4n) is 2.36. The minimum Gasteiger partial charge on any atom is -0.299 e. The SMILES string of the molecule is CCCCCCCCC(=O)Cc1nc2ccccc2s1. The summed E-state index contributed by atoms with van der Waals surface area (Å²) >= 11 is 1.64. The molecule has 0 aliphatic carbocycles. The molecule has 3 heteroatoms. The van der Waals surface area contributed by atoms with Gasteiger partial charge < -0.3 is 0 Å². The van der Waals surface area contributed by atoms with E-state index < -0.39 is 0 Å². The zero-order valence-corrected chi connectivity index (χ0v) is 13.0. The smallest absolute Gasteiger partial charge is 0.139 e. The summed E-state index contributed by atoms with van der Waals surface area (Å²) in [4.78, 5) is 16.5. The molecule has 0 amide bonds. The van der Waals surface area contributed by atoms with E-state index in [0.29, 0.717) is 18.6 Å². The van der Waals surface area contributed by atoms with Gasteiger partial charge in [-0.1, -0.05) is 51.2 Å². The van der Waals surface area contributed by atoms with Crippen molar-refractivity contribution >= 4 is 27.3 Å². The van der Waals surface area contributed by atoms with Crippen LogP contribution >= 0.6 is 11.3 Å². The molecule has 2 nitrogen and oxygen atoms in total. The summed E-state index contributed by atoms with van der Waals surface area (Å²) in [5.41, 5.74) is 1.01. The van der Waals surface area contributed by atoms with E-state index in [1.165, 1.54) is 36.8 Å². The van der Waals surface area contributed by atoms with Crippen LogP contribution in [0.1, 0.15) is 56.9 Å². The van der Waals surface area contributed by atoms with Crippen LogP contribution in [0.4, 0.5) is 0 Å². The number of thiazole rings is 1. The number of nitrogens with zero attached hydrogens (tertiary/aromatic N) is 1. The number of unbranched alkanes of at least 4 members (excludes halogenated alkanes) is 5. The van der Waals surface area contributed by atoms with Crippen molar-refractivity contribution in [2.45, 2.75) is 58.3 Å². The number of fused-ring (bicyclic) bond motifs is 1. The maximum absolute atomic E-state index is 11.9. The van der Waals surface area contributed by atoms with Gasteiger partial charge in [0.2, 0.25) is 0 Å².